The first-order valence-electron chi connectivity index (χ1n) is 6.76. The van der Waals surface area contributed by atoms with Gasteiger partial charge in [0.25, 0.3) is 5.91 Å². The number of pyridine rings is 1. The third-order valence-corrected chi connectivity index (χ3v) is 3.43. The molecule has 1 fully saturated rings. The molecule has 1 N–H and O–H groups in total. The van der Waals surface area contributed by atoms with Gasteiger partial charge in [0.05, 0.1) is 0 Å². The predicted octanol–water partition coefficient (Wildman–Crippen LogP) is 0.315. The number of aromatic nitrogens is 1. The van der Waals surface area contributed by atoms with Gasteiger partial charge in [-0.2, -0.15) is 0 Å². The number of rotatable bonds is 2. The van der Waals surface area contributed by atoms with Crippen LogP contribution in [0.4, 0.5) is 0 Å². The number of hydrogen-bond acceptors (Lipinski definition) is 3. The van der Waals surface area contributed by atoms with Crippen LogP contribution in [0.3, 0.4) is 0 Å². The van der Waals surface area contributed by atoms with Crippen LogP contribution >= 0.6 is 0 Å². The number of H-pyrrole nitrogens is 1. The molecule has 0 radical (unpaired) electrons. The van der Waals surface area contributed by atoms with Gasteiger partial charge in [0.1, 0.15) is 5.56 Å². The Balaban J connectivity index is 2.01. The monoisotopic (exact) mass is 277 g/mol. The van der Waals surface area contributed by atoms with Crippen LogP contribution in [0.5, 0.6) is 0 Å². The van der Waals surface area contributed by atoms with E-state index in [1.807, 2.05) is 13.8 Å². The molecule has 0 bridgehead atoms. The van der Waals surface area contributed by atoms with Crippen molar-refractivity contribution < 1.29 is 9.59 Å². The van der Waals surface area contributed by atoms with E-state index in [4.69, 9.17) is 0 Å². The summed E-state index contributed by atoms with van der Waals surface area (Å²) in [5.41, 5.74) is -0.134. The third kappa shape index (κ3) is 2.89. The Bertz CT molecular complexity index is 557. The van der Waals surface area contributed by atoms with Crippen molar-refractivity contribution >= 4 is 11.8 Å². The number of nitrogens with zero attached hydrogens (tertiary/aromatic N) is 2. The highest BCUT2D eigenvalue weighted by Crippen LogP contribution is 2.09. The number of amides is 2. The molecule has 2 amide bonds. The Kier molecular flexibility index (Phi) is 4.22. The molecule has 2 heterocycles. The van der Waals surface area contributed by atoms with E-state index in [2.05, 4.69) is 4.98 Å². The van der Waals surface area contributed by atoms with Gasteiger partial charge in [-0.15, -0.1) is 0 Å². The number of hydrogen-bond donors (Lipinski definition) is 1. The molecule has 1 aliphatic heterocycles. The Morgan fingerprint density at radius 1 is 1.15 bits per heavy atom. The number of carbonyl (C=O) groups is 2. The Morgan fingerprint density at radius 2 is 1.75 bits per heavy atom. The first kappa shape index (κ1) is 14.3. The van der Waals surface area contributed by atoms with Crippen molar-refractivity contribution in [2.45, 2.75) is 13.8 Å². The van der Waals surface area contributed by atoms with Crippen LogP contribution in [0.15, 0.2) is 23.3 Å². The van der Waals surface area contributed by atoms with Crippen LogP contribution in [-0.2, 0) is 4.79 Å². The van der Waals surface area contributed by atoms with E-state index in [1.165, 1.54) is 18.5 Å². The van der Waals surface area contributed by atoms with E-state index in [0.717, 1.165) is 0 Å². The first-order valence-corrected chi connectivity index (χ1v) is 6.76. The molecule has 0 unspecified atom stereocenters. The van der Waals surface area contributed by atoms with Crippen LogP contribution in [0, 0.1) is 5.92 Å². The molecule has 108 valence electrons. The summed E-state index contributed by atoms with van der Waals surface area (Å²) in [5.74, 6) is -0.202. The molecule has 1 aromatic rings. The molecule has 1 saturated heterocycles. The summed E-state index contributed by atoms with van der Waals surface area (Å²) in [7, 11) is 0. The summed E-state index contributed by atoms with van der Waals surface area (Å²) < 4.78 is 0. The number of nitrogens with one attached hydrogen (secondary N) is 1. The molecule has 20 heavy (non-hydrogen) atoms. The minimum absolute atomic E-state index is 0.0331. The highest BCUT2D eigenvalue weighted by Gasteiger charge is 2.26. The second-order valence-corrected chi connectivity index (χ2v) is 5.19. The fraction of sp³-hybridized carbons (Fsp3) is 0.500. The predicted molar refractivity (Wildman–Crippen MR) is 74.4 cm³/mol. The molecule has 1 aliphatic rings. The Hall–Kier alpha value is -2.11. The van der Waals surface area contributed by atoms with Gasteiger partial charge in [-0.05, 0) is 0 Å². The van der Waals surface area contributed by atoms with Gasteiger partial charge in [0.15, 0.2) is 5.43 Å². The van der Waals surface area contributed by atoms with Gasteiger partial charge in [-0.1, -0.05) is 13.8 Å². The van der Waals surface area contributed by atoms with Crippen LogP contribution in [0.25, 0.3) is 0 Å². The smallest absolute Gasteiger partial charge is 0.259 e. The highest BCUT2D eigenvalue weighted by atomic mass is 16.2. The largest absolute Gasteiger partial charge is 0.367 e. The van der Waals surface area contributed by atoms with Gasteiger partial charge in [-0.25, -0.2) is 0 Å². The fourth-order valence-corrected chi connectivity index (χ4v) is 2.25. The van der Waals surface area contributed by atoms with Crippen molar-refractivity contribution in [3.8, 4) is 0 Å². The van der Waals surface area contributed by atoms with Crippen molar-refractivity contribution in [2.75, 3.05) is 26.2 Å². The molecular formula is C14H19N3O3. The minimum atomic E-state index is -0.283. The Labute approximate surface area is 117 Å². The molecule has 0 aromatic carbocycles. The van der Waals surface area contributed by atoms with Gasteiger partial charge >= 0.3 is 0 Å². The zero-order valence-corrected chi connectivity index (χ0v) is 11.8. The maximum absolute atomic E-state index is 12.2. The van der Waals surface area contributed by atoms with E-state index in [1.54, 1.807) is 9.80 Å². The number of aromatic amines is 1. The SMILES string of the molecule is CC(C)C(=O)N1CCN(C(=O)c2c[nH]ccc2=O)CC1. The van der Waals surface area contributed by atoms with Gasteiger partial charge in [-0.3, -0.25) is 14.4 Å². The highest BCUT2D eigenvalue weighted by molar-refractivity contribution is 5.94. The van der Waals surface area contributed by atoms with E-state index in [-0.39, 0.29) is 28.7 Å². The van der Waals surface area contributed by atoms with Crippen LogP contribution in [-0.4, -0.2) is 52.8 Å². The van der Waals surface area contributed by atoms with Crippen molar-refractivity contribution in [1.29, 1.82) is 0 Å². The number of carbonyl (C=O) groups excluding carboxylic acids is 2. The quantitative estimate of drug-likeness (QED) is 0.846. The molecule has 0 atom stereocenters. The average Bonchev–Trinajstić information content (AvgIpc) is 2.46. The second kappa shape index (κ2) is 5.90. The maximum atomic E-state index is 12.2. The summed E-state index contributed by atoms with van der Waals surface area (Å²) in [6, 6.07) is 1.34. The van der Waals surface area contributed by atoms with Crippen molar-refractivity contribution in [1.82, 2.24) is 14.8 Å². The topological polar surface area (TPSA) is 73.5 Å². The molecule has 1 aromatic heterocycles. The van der Waals surface area contributed by atoms with Gasteiger partial charge in [0, 0.05) is 50.6 Å². The van der Waals surface area contributed by atoms with E-state index >= 15 is 0 Å². The van der Waals surface area contributed by atoms with Gasteiger partial charge < -0.3 is 14.8 Å². The summed E-state index contributed by atoms with van der Waals surface area (Å²) in [5, 5.41) is 0. The fourth-order valence-electron chi connectivity index (χ4n) is 2.25. The van der Waals surface area contributed by atoms with E-state index in [0.29, 0.717) is 26.2 Å². The second-order valence-electron chi connectivity index (χ2n) is 5.19. The molecule has 0 saturated carbocycles. The molecule has 0 spiro atoms. The van der Waals surface area contributed by atoms with Crippen molar-refractivity contribution in [3.05, 3.63) is 34.2 Å². The van der Waals surface area contributed by atoms with Crippen molar-refractivity contribution in [3.63, 3.8) is 0 Å². The minimum Gasteiger partial charge on any atom is -0.367 e. The van der Waals surface area contributed by atoms with E-state index < -0.39 is 0 Å². The summed E-state index contributed by atoms with van der Waals surface area (Å²) >= 11 is 0. The van der Waals surface area contributed by atoms with Crippen LogP contribution < -0.4 is 5.43 Å². The maximum Gasteiger partial charge on any atom is 0.259 e. The molecule has 0 aliphatic carbocycles. The number of piperazine rings is 1. The lowest BCUT2D eigenvalue weighted by Gasteiger charge is -2.35. The lowest BCUT2D eigenvalue weighted by Crippen LogP contribution is -2.52. The lowest BCUT2D eigenvalue weighted by atomic mass is 10.1. The zero-order valence-electron chi connectivity index (χ0n) is 11.8. The van der Waals surface area contributed by atoms with Crippen molar-refractivity contribution in [2.24, 2.45) is 5.92 Å². The molecule has 2 rings (SSSR count). The van der Waals surface area contributed by atoms with E-state index in [9.17, 15) is 14.4 Å². The first-order chi connectivity index (χ1) is 9.50. The van der Waals surface area contributed by atoms with Crippen LogP contribution in [0.2, 0.25) is 0 Å². The molecule has 6 heteroatoms. The summed E-state index contributed by atoms with van der Waals surface area (Å²) in [6.45, 7) is 5.70. The third-order valence-electron chi connectivity index (χ3n) is 3.43. The zero-order chi connectivity index (χ0) is 14.7. The molecular weight excluding hydrogens is 258 g/mol. The van der Waals surface area contributed by atoms with Crippen LogP contribution in [0.1, 0.15) is 24.2 Å². The lowest BCUT2D eigenvalue weighted by molar-refractivity contribution is -0.135. The summed E-state index contributed by atoms with van der Waals surface area (Å²) in [4.78, 5) is 41.9. The Morgan fingerprint density at radius 3 is 2.30 bits per heavy atom. The average molecular weight is 277 g/mol. The van der Waals surface area contributed by atoms with Gasteiger partial charge in [0.2, 0.25) is 5.91 Å². The molecule has 6 nitrogen and oxygen atoms in total. The normalized spacial score (nSPS) is 15.6. The summed E-state index contributed by atoms with van der Waals surface area (Å²) in [6.07, 6.45) is 2.93. The standard InChI is InChI=1S/C14H19N3O3/c1-10(2)13(19)16-5-7-17(8-6-16)14(20)11-9-15-4-3-12(11)18/h3-4,9-10H,5-8H2,1-2H3,(H,15,18).